The highest BCUT2D eigenvalue weighted by Crippen LogP contribution is 2.31. The highest BCUT2D eigenvalue weighted by atomic mass is 32.2. The average Bonchev–Trinajstić information content (AvgIpc) is 3.39. The maximum atomic E-state index is 13.4. The van der Waals surface area contributed by atoms with Crippen molar-refractivity contribution in [3.8, 4) is 11.1 Å². The molecule has 230 valence electrons. The summed E-state index contributed by atoms with van der Waals surface area (Å²) in [4.78, 5) is 27.4. The number of benzene rings is 3. The molecule has 3 atom stereocenters. The van der Waals surface area contributed by atoms with Gasteiger partial charge in [0.1, 0.15) is 6.04 Å². The number of amides is 1. The average molecular weight is 625 g/mol. The first-order valence-electron chi connectivity index (χ1n) is 14.3. The van der Waals surface area contributed by atoms with Crippen molar-refractivity contribution < 1.29 is 27.9 Å². The molecular weight excluding hydrogens is 585 g/mol. The zero-order valence-electron chi connectivity index (χ0n) is 24.9. The summed E-state index contributed by atoms with van der Waals surface area (Å²) in [7, 11) is -1.77. The number of likely N-dealkylation sites (tertiary alicyclic amines) is 1. The van der Waals surface area contributed by atoms with Crippen LogP contribution < -0.4 is 5.32 Å². The Kier molecular flexibility index (Phi) is 11.4. The number of nitrogens with one attached hydrogen (secondary N) is 1. The first kappa shape index (κ1) is 32.7. The lowest BCUT2D eigenvalue weighted by Crippen LogP contribution is -2.41. The van der Waals surface area contributed by atoms with E-state index in [9.17, 15) is 23.1 Å². The summed E-state index contributed by atoms with van der Waals surface area (Å²) in [6, 6.07) is 21.5. The Hall–Kier alpha value is -3.18. The molecule has 1 aliphatic rings. The van der Waals surface area contributed by atoms with Crippen molar-refractivity contribution in [2.45, 2.75) is 49.4 Å². The maximum absolute atomic E-state index is 13.4. The van der Waals surface area contributed by atoms with E-state index in [1.807, 2.05) is 79.9 Å². The van der Waals surface area contributed by atoms with Gasteiger partial charge in [-0.1, -0.05) is 60.7 Å². The van der Waals surface area contributed by atoms with E-state index in [0.717, 1.165) is 22.3 Å². The van der Waals surface area contributed by atoms with E-state index in [1.165, 1.54) is 11.8 Å². The van der Waals surface area contributed by atoms with Gasteiger partial charge in [0.05, 0.1) is 17.6 Å². The third kappa shape index (κ3) is 8.47. The summed E-state index contributed by atoms with van der Waals surface area (Å²) in [5, 5.41) is 11.9. The predicted octanol–water partition coefficient (Wildman–Crippen LogP) is 4.80. The minimum absolute atomic E-state index is 0.00156. The first-order chi connectivity index (χ1) is 20.6. The number of sulfone groups is 1. The molecule has 2 N–H and O–H groups in total. The molecule has 3 aromatic rings. The molecule has 0 saturated carbocycles. The number of nitrogens with zero attached hydrogens (tertiary/aromatic N) is 1. The second kappa shape index (κ2) is 15.0. The molecule has 0 radical (unpaired) electrons. The molecule has 0 aromatic heterocycles. The van der Waals surface area contributed by atoms with Crippen molar-refractivity contribution in [2.75, 3.05) is 32.3 Å². The van der Waals surface area contributed by atoms with Gasteiger partial charge in [-0.2, -0.15) is 11.8 Å². The lowest BCUT2D eigenvalue weighted by atomic mass is 9.93. The van der Waals surface area contributed by atoms with Crippen LogP contribution >= 0.6 is 11.8 Å². The van der Waals surface area contributed by atoms with Crippen molar-refractivity contribution in [2.24, 2.45) is 0 Å². The van der Waals surface area contributed by atoms with Crippen LogP contribution in [0.5, 0.6) is 0 Å². The SMILES string of the molecule is COC[C@@H]1C[C@H](S(=O)(=O)Cc2ccccc2)CN1Cc1ccc(C(=O)N[C@H](CCSC)C(=O)O)c(-c2ccccc2C)c1. The predicted molar refractivity (Wildman–Crippen MR) is 172 cm³/mol. The van der Waals surface area contributed by atoms with Gasteiger partial charge in [0.15, 0.2) is 9.84 Å². The largest absolute Gasteiger partial charge is 0.480 e. The number of methoxy groups -OCH3 is 1. The molecule has 1 heterocycles. The van der Waals surface area contributed by atoms with Gasteiger partial charge in [-0.05, 0) is 71.7 Å². The van der Waals surface area contributed by atoms with Gasteiger partial charge in [0.2, 0.25) is 0 Å². The van der Waals surface area contributed by atoms with Crippen molar-refractivity contribution in [1.82, 2.24) is 10.2 Å². The van der Waals surface area contributed by atoms with E-state index in [1.54, 1.807) is 13.2 Å². The lowest BCUT2D eigenvalue weighted by molar-refractivity contribution is -0.139. The number of aryl methyl sites for hydroxylation is 1. The summed E-state index contributed by atoms with van der Waals surface area (Å²) < 4.78 is 32.3. The lowest BCUT2D eigenvalue weighted by Gasteiger charge is -2.24. The topological polar surface area (TPSA) is 113 Å². The van der Waals surface area contributed by atoms with Crippen molar-refractivity contribution in [1.29, 1.82) is 0 Å². The van der Waals surface area contributed by atoms with Crippen LogP contribution in [-0.4, -0.2) is 79.9 Å². The van der Waals surface area contributed by atoms with Crippen LogP contribution in [0.25, 0.3) is 11.1 Å². The Morgan fingerprint density at radius 3 is 2.44 bits per heavy atom. The van der Waals surface area contributed by atoms with E-state index < -0.39 is 33.0 Å². The molecule has 1 fully saturated rings. The zero-order valence-corrected chi connectivity index (χ0v) is 26.5. The number of carboxylic acids is 1. The van der Waals surface area contributed by atoms with E-state index in [0.29, 0.717) is 49.4 Å². The molecule has 0 unspecified atom stereocenters. The fourth-order valence-electron chi connectivity index (χ4n) is 5.63. The molecule has 8 nitrogen and oxygen atoms in total. The van der Waals surface area contributed by atoms with E-state index in [2.05, 4.69) is 10.2 Å². The summed E-state index contributed by atoms with van der Waals surface area (Å²) in [5.74, 6) is -0.890. The molecule has 1 saturated heterocycles. The number of carbonyl (C=O) groups is 2. The van der Waals surface area contributed by atoms with Crippen molar-refractivity contribution >= 4 is 33.5 Å². The summed E-state index contributed by atoms with van der Waals surface area (Å²) >= 11 is 1.53. The molecule has 43 heavy (non-hydrogen) atoms. The highest BCUT2D eigenvalue weighted by molar-refractivity contribution is 7.98. The van der Waals surface area contributed by atoms with Crippen LogP contribution in [0.1, 0.15) is 39.9 Å². The Morgan fingerprint density at radius 2 is 1.77 bits per heavy atom. The number of hydrogen-bond acceptors (Lipinski definition) is 7. The van der Waals surface area contributed by atoms with Gasteiger partial charge >= 0.3 is 5.97 Å². The number of thioether (sulfide) groups is 1. The van der Waals surface area contributed by atoms with Crippen LogP contribution in [-0.2, 0) is 31.7 Å². The Balaban J connectivity index is 1.61. The maximum Gasteiger partial charge on any atom is 0.326 e. The molecular formula is C33H40N2O6S2. The van der Waals surface area contributed by atoms with Crippen LogP contribution in [0.15, 0.2) is 72.8 Å². The summed E-state index contributed by atoms with van der Waals surface area (Å²) in [6.07, 6.45) is 2.71. The molecule has 1 aliphatic heterocycles. The molecule has 3 aromatic carbocycles. The number of rotatable bonds is 14. The zero-order chi connectivity index (χ0) is 31.0. The Morgan fingerprint density at radius 1 is 1.05 bits per heavy atom. The summed E-state index contributed by atoms with van der Waals surface area (Å²) in [5.41, 5.74) is 4.67. The van der Waals surface area contributed by atoms with Crippen molar-refractivity contribution in [3.63, 3.8) is 0 Å². The first-order valence-corrected chi connectivity index (χ1v) is 17.4. The van der Waals surface area contributed by atoms with Crippen LogP contribution in [0.4, 0.5) is 0 Å². The minimum atomic E-state index is -3.39. The second-order valence-electron chi connectivity index (χ2n) is 11.0. The molecule has 0 spiro atoms. The van der Waals surface area contributed by atoms with Gasteiger partial charge < -0.3 is 15.2 Å². The number of hydrogen-bond donors (Lipinski definition) is 2. The van der Waals surface area contributed by atoms with E-state index >= 15 is 0 Å². The van der Waals surface area contributed by atoms with Gasteiger partial charge in [0.25, 0.3) is 5.91 Å². The quantitative estimate of drug-likeness (QED) is 0.263. The number of carbonyl (C=O) groups excluding carboxylic acids is 1. The number of carboxylic acid groups (broad SMARTS) is 1. The Bertz CT molecular complexity index is 1510. The van der Waals surface area contributed by atoms with E-state index in [-0.39, 0.29) is 11.8 Å². The molecule has 0 aliphatic carbocycles. The third-order valence-electron chi connectivity index (χ3n) is 7.93. The van der Waals surface area contributed by atoms with E-state index in [4.69, 9.17) is 4.74 Å². The third-order valence-corrected chi connectivity index (χ3v) is 10.7. The monoisotopic (exact) mass is 624 g/mol. The highest BCUT2D eigenvalue weighted by Gasteiger charge is 2.39. The second-order valence-corrected chi connectivity index (χ2v) is 14.3. The normalized spacial score (nSPS) is 17.9. The molecule has 0 bridgehead atoms. The van der Waals surface area contributed by atoms with Gasteiger partial charge in [-0.25, -0.2) is 13.2 Å². The fraction of sp³-hybridized carbons (Fsp3) is 0.394. The Labute approximate surface area is 258 Å². The van der Waals surface area contributed by atoms with Crippen molar-refractivity contribution in [3.05, 3.63) is 95.1 Å². The van der Waals surface area contributed by atoms with Crippen LogP contribution in [0.3, 0.4) is 0 Å². The molecule has 10 heteroatoms. The molecule has 4 rings (SSSR count). The summed E-state index contributed by atoms with van der Waals surface area (Å²) in [6.45, 7) is 3.26. The fourth-order valence-corrected chi connectivity index (χ4v) is 7.93. The van der Waals surface area contributed by atoms with Gasteiger partial charge in [0, 0.05) is 31.8 Å². The number of ether oxygens (including phenoxy) is 1. The minimum Gasteiger partial charge on any atom is -0.480 e. The van der Waals surface area contributed by atoms with Gasteiger partial charge in [-0.3, -0.25) is 9.69 Å². The smallest absolute Gasteiger partial charge is 0.326 e. The number of aliphatic carboxylic acids is 1. The van der Waals surface area contributed by atoms with Crippen LogP contribution in [0, 0.1) is 6.92 Å². The van der Waals surface area contributed by atoms with Crippen LogP contribution in [0.2, 0.25) is 0 Å². The van der Waals surface area contributed by atoms with Gasteiger partial charge in [-0.15, -0.1) is 0 Å². The standard InChI is InChI=1S/C33H40N2O6S2/c1-23-9-7-8-12-28(23)30-17-25(13-14-29(30)32(36)34-31(33(37)38)15-16-42-3)19-35-20-27(18-26(35)21-41-2)43(39,40)22-24-10-5-4-6-11-24/h4-14,17,26-27,31H,15-16,18-22H2,1-3H3,(H,34,36)(H,37,38)/t26-,27-,31+/m0/s1. The molecule has 1 amide bonds.